The maximum Gasteiger partial charge on any atom is 0.323 e. The number of ether oxygens (including phenoxy) is 2. The number of carbonyl (C=O) groups is 1. The molecule has 0 aromatic carbocycles. The van der Waals surface area contributed by atoms with E-state index in [-0.39, 0.29) is 30.6 Å². The number of rotatable bonds is 0. The van der Waals surface area contributed by atoms with Crippen LogP contribution in [-0.4, -0.2) is 30.8 Å². The predicted octanol–water partition coefficient (Wildman–Crippen LogP) is 1.26. The van der Waals surface area contributed by atoms with Crippen molar-refractivity contribution in [2.75, 3.05) is 6.61 Å². The summed E-state index contributed by atoms with van der Waals surface area (Å²) in [6, 6.07) is -0.453. The topological polar surface area (TPSA) is 61.5 Å². The molecule has 0 aromatic rings. The summed E-state index contributed by atoms with van der Waals surface area (Å²) in [5.74, 6) is 0.261. The van der Waals surface area contributed by atoms with Gasteiger partial charge in [0.05, 0.1) is 6.10 Å². The molecule has 0 aliphatic carbocycles. The Hall–Kier alpha value is -0.320. The lowest BCUT2D eigenvalue weighted by atomic mass is 9.92. The quantitative estimate of drug-likeness (QED) is 0.657. The Morgan fingerprint density at radius 2 is 2.06 bits per heavy atom. The van der Waals surface area contributed by atoms with E-state index in [0.29, 0.717) is 5.92 Å². The van der Waals surface area contributed by atoms with Crippen LogP contribution in [0.25, 0.3) is 0 Å². The standard InChI is InChI=1S/C11H19NO3.ClH/c1-7-10-8(5-6-14-10)3-2-4-9(12)11(13)15-7;/h7-10H,2-6,12H2,1H3;1H/t7-,8+,9-,10-;/m0./s1. The maximum atomic E-state index is 11.5. The van der Waals surface area contributed by atoms with Gasteiger partial charge in [-0.2, -0.15) is 0 Å². The van der Waals surface area contributed by atoms with Crippen LogP contribution >= 0.6 is 12.4 Å². The molecule has 4 atom stereocenters. The third-order valence-corrected chi connectivity index (χ3v) is 3.42. The number of nitrogens with two attached hydrogens (primary N) is 1. The van der Waals surface area contributed by atoms with Crippen molar-refractivity contribution >= 4 is 18.4 Å². The van der Waals surface area contributed by atoms with Crippen molar-refractivity contribution in [1.82, 2.24) is 0 Å². The number of halogens is 1. The zero-order valence-electron chi connectivity index (χ0n) is 9.56. The van der Waals surface area contributed by atoms with Gasteiger partial charge >= 0.3 is 5.97 Å². The van der Waals surface area contributed by atoms with Gasteiger partial charge in [0.1, 0.15) is 12.1 Å². The van der Waals surface area contributed by atoms with E-state index in [1.54, 1.807) is 0 Å². The summed E-state index contributed by atoms with van der Waals surface area (Å²) in [7, 11) is 0. The molecule has 0 amide bonds. The van der Waals surface area contributed by atoms with Crippen LogP contribution in [0.4, 0.5) is 0 Å². The summed E-state index contributed by atoms with van der Waals surface area (Å²) in [6.07, 6.45) is 3.83. The highest BCUT2D eigenvalue weighted by Gasteiger charge is 2.36. The summed E-state index contributed by atoms with van der Waals surface area (Å²) >= 11 is 0. The fourth-order valence-corrected chi connectivity index (χ4v) is 2.54. The van der Waals surface area contributed by atoms with E-state index in [0.717, 1.165) is 32.3 Å². The molecule has 2 saturated heterocycles. The summed E-state index contributed by atoms with van der Waals surface area (Å²) in [5.41, 5.74) is 5.71. The molecule has 4 nitrogen and oxygen atoms in total. The Morgan fingerprint density at radius 1 is 1.31 bits per heavy atom. The van der Waals surface area contributed by atoms with E-state index in [2.05, 4.69) is 0 Å². The van der Waals surface area contributed by atoms with Crippen LogP contribution in [0.1, 0.15) is 32.6 Å². The van der Waals surface area contributed by atoms with Crippen molar-refractivity contribution in [2.24, 2.45) is 11.7 Å². The molecule has 16 heavy (non-hydrogen) atoms. The van der Waals surface area contributed by atoms with Gasteiger partial charge in [-0.3, -0.25) is 4.79 Å². The minimum Gasteiger partial charge on any atom is -0.459 e. The van der Waals surface area contributed by atoms with E-state index in [9.17, 15) is 4.79 Å². The lowest BCUT2D eigenvalue weighted by Gasteiger charge is -2.23. The van der Waals surface area contributed by atoms with E-state index in [1.807, 2.05) is 6.92 Å². The Morgan fingerprint density at radius 3 is 2.81 bits per heavy atom. The first-order valence-corrected chi connectivity index (χ1v) is 5.76. The minimum atomic E-state index is -0.453. The number of esters is 1. The zero-order chi connectivity index (χ0) is 10.8. The number of carbonyl (C=O) groups excluding carboxylic acids is 1. The van der Waals surface area contributed by atoms with Crippen LogP contribution in [0, 0.1) is 5.92 Å². The van der Waals surface area contributed by atoms with Gasteiger partial charge in [-0.25, -0.2) is 0 Å². The monoisotopic (exact) mass is 249 g/mol. The molecule has 2 rings (SSSR count). The van der Waals surface area contributed by atoms with Gasteiger partial charge in [0, 0.05) is 6.61 Å². The lowest BCUT2D eigenvalue weighted by molar-refractivity contribution is -0.156. The number of hydrogen-bond donors (Lipinski definition) is 1. The average molecular weight is 250 g/mol. The van der Waals surface area contributed by atoms with Gasteiger partial charge < -0.3 is 15.2 Å². The van der Waals surface area contributed by atoms with Crippen LogP contribution in [-0.2, 0) is 14.3 Å². The third-order valence-electron chi connectivity index (χ3n) is 3.42. The fraction of sp³-hybridized carbons (Fsp3) is 0.909. The van der Waals surface area contributed by atoms with E-state index >= 15 is 0 Å². The van der Waals surface area contributed by atoms with Crippen LogP contribution in [0.2, 0.25) is 0 Å². The van der Waals surface area contributed by atoms with Gasteiger partial charge in [-0.05, 0) is 32.1 Å². The smallest absolute Gasteiger partial charge is 0.323 e. The average Bonchev–Trinajstić information content (AvgIpc) is 2.65. The molecule has 0 saturated carbocycles. The summed E-state index contributed by atoms with van der Waals surface area (Å²) in [6.45, 7) is 2.70. The first-order chi connectivity index (χ1) is 7.18. The summed E-state index contributed by atoms with van der Waals surface area (Å²) < 4.78 is 10.9. The van der Waals surface area contributed by atoms with Crippen molar-refractivity contribution < 1.29 is 14.3 Å². The molecular formula is C11H20ClNO3. The first-order valence-electron chi connectivity index (χ1n) is 5.76. The van der Waals surface area contributed by atoms with Crippen molar-refractivity contribution in [1.29, 1.82) is 0 Å². The first kappa shape index (κ1) is 13.7. The fourth-order valence-electron chi connectivity index (χ4n) is 2.54. The van der Waals surface area contributed by atoms with Gasteiger partial charge in [0.2, 0.25) is 0 Å². The second kappa shape index (κ2) is 5.84. The van der Waals surface area contributed by atoms with Crippen molar-refractivity contribution in [2.45, 2.75) is 50.9 Å². The number of fused-ring (bicyclic) bond motifs is 1. The van der Waals surface area contributed by atoms with Crippen molar-refractivity contribution in [3.8, 4) is 0 Å². The van der Waals surface area contributed by atoms with Gasteiger partial charge in [-0.1, -0.05) is 6.42 Å². The van der Waals surface area contributed by atoms with Crippen LogP contribution in [0.3, 0.4) is 0 Å². The molecule has 2 aliphatic heterocycles. The molecule has 2 fully saturated rings. The molecule has 0 aromatic heterocycles. The Labute approximate surface area is 102 Å². The lowest BCUT2D eigenvalue weighted by Crippen LogP contribution is -2.37. The second-order valence-electron chi connectivity index (χ2n) is 4.56. The molecular weight excluding hydrogens is 230 g/mol. The van der Waals surface area contributed by atoms with Crippen LogP contribution in [0.15, 0.2) is 0 Å². The SMILES string of the molecule is C[C@@H]1OC(=O)[C@@H](N)CCC[C@@H]2CCO[C@H]21.Cl. The van der Waals surface area contributed by atoms with Gasteiger partial charge in [0.25, 0.3) is 0 Å². The number of cyclic esters (lactones) is 1. The molecule has 2 N–H and O–H groups in total. The Balaban J connectivity index is 0.00000128. The Kier molecular flexibility index (Phi) is 5.02. The molecule has 0 bridgehead atoms. The van der Waals surface area contributed by atoms with E-state index in [1.165, 1.54) is 0 Å². The van der Waals surface area contributed by atoms with Crippen molar-refractivity contribution in [3.63, 3.8) is 0 Å². The highest BCUT2D eigenvalue weighted by molar-refractivity contribution is 5.85. The summed E-state index contributed by atoms with van der Waals surface area (Å²) in [4.78, 5) is 11.5. The molecule has 0 radical (unpaired) electrons. The molecule has 5 heteroatoms. The highest BCUT2D eigenvalue weighted by atomic mass is 35.5. The molecule has 0 unspecified atom stereocenters. The maximum absolute atomic E-state index is 11.5. The zero-order valence-corrected chi connectivity index (χ0v) is 10.4. The molecule has 94 valence electrons. The normalized spacial score (nSPS) is 39.8. The van der Waals surface area contributed by atoms with E-state index in [4.69, 9.17) is 15.2 Å². The Bertz CT molecular complexity index is 249. The molecule has 2 aliphatic rings. The van der Waals surface area contributed by atoms with Gasteiger partial charge in [0.15, 0.2) is 0 Å². The largest absolute Gasteiger partial charge is 0.459 e. The van der Waals surface area contributed by atoms with Crippen LogP contribution < -0.4 is 5.73 Å². The van der Waals surface area contributed by atoms with Crippen LogP contribution in [0.5, 0.6) is 0 Å². The summed E-state index contributed by atoms with van der Waals surface area (Å²) in [5, 5.41) is 0. The molecule has 2 heterocycles. The molecule has 0 spiro atoms. The second-order valence-corrected chi connectivity index (χ2v) is 4.56. The highest BCUT2D eigenvalue weighted by Crippen LogP contribution is 2.30. The van der Waals surface area contributed by atoms with E-state index < -0.39 is 6.04 Å². The predicted molar refractivity (Wildman–Crippen MR) is 62.5 cm³/mol. The van der Waals surface area contributed by atoms with Gasteiger partial charge in [-0.15, -0.1) is 12.4 Å². The van der Waals surface area contributed by atoms with Crippen molar-refractivity contribution in [3.05, 3.63) is 0 Å². The minimum absolute atomic E-state index is 0. The number of hydrogen-bond acceptors (Lipinski definition) is 4. The third kappa shape index (κ3) is 2.87.